The van der Waals surface area contributed by atoms with E-state index in [0.717, 1.165) is 18.4 Å². The molecule has 2 rings (SSSR count). The van der Waals surface area contributed by atoms with Gasteiger partial charge in [-0.05, 0) is 30.5 Å². The van der Waals surface area contributed by atoms with Crippen molar-refractivity contribution in [3.05, 3.63) is 34.9 Å². The molecule has 23 heavy (non-hydrogen) atoms. The van der Waals surface area contributed by atoms with Gasteiger partial charge in [0.25, 0.3) is 0 Å². The van der Waals surface area contributed by atoms with Crippen LogP contribution < -0.4 is 5.32 Å². The van der Waals surface area contributed by atoms with Crippen molar-refractivity contribution < 1.29 is 14.3 Å². The molecule has 0 bridgehead atoms. The number of carbonyl (C=O) groups excluding carboxylic acids is 2. The van der Waals surface area contributed by atoms with Crippen LogP contribution >= 0.6 is 11.6 Å². The van der Waals surface area contributed by atoms with E-state index >= 15 is 0 Å². The summed E-state index contributed by atoms with van der Waals surface area (Å²) in [4.78, 5) is 25.9. The van der Waals surface area contributed by atoms with E-state index in [1.54, 1.807) is 12.0 Å². The lowest BCUT2D eigenvalue weighted by Crippen LogP contribution is -2.34. The van der Waals surface area contributed by atoms with Crippen molar-refractivity contribution in [2.45, 2.75) is 19.3 Å². The first-order valence-corrected chi connectivity index (χ1v) is 8.27. The maximum Gasteiger partial charge on any atom is 0.225 e. The van der Waals surface area contributed by atoms with Crippen LogP contribution in [-0.4, -0.2) is 50.1 Å². The summed E-state index contributed by atoms with van der Waals surface area (Å²) < 4.78 is 4.94. The highest BCUT2D eigenvalue weighted by molar-refractivity contribution is 6.30. The van der Waals surface area contributed by atoms with Crippen molar-refractivity contribution in [1.29, 1.82) is 0 Å². The topological polar surface area (TPSA) is 58.6 Å². The standard InChI is InChI=1S/C17H23ClN2O3/c1-23-10-2-8-19-17(22)14-11-16(21)20(12-14)9-7-13-3-5-15(18)6-4-13/h3-6,14H,2,7-12H2,1H3,(H,19,22). The predicted molar refractivity (Wildman–Crippen MR) is 89.3 cm³/mol. The number of halogens is 1. The van der Waals surface area contributed by atoms with Crippen LogP contribution in [0.15, 0.2) is 24.3 Å². The Morgan fingerprint density at radius 1 is 1.39 bits per heavy atom. The summed E-state index contributed by atoms with van der Waals surface area (Å²) in [6, 6.07) is 7.61. The number of methoxy groups -OCH3 is 1. The van der Waals surface area contributed by atoms with Crippen LogP contribution in [0.4, 0.5) is 0 Å². The van der Waals surface area contributed by atoms with Gasteiger partial charge in [-0.3, -0.25) is 9.59 Å². The van der Waals surface area contributed by atoms with E-state index in [-0.39, 0.29) is 17.7 Å². The quantitative estimate of drug-likeness (QED) is 0.736. The number of hydrogen-bond donors (Lipinski definition) is 1. The molecule has 0 saturated carbocycles. The Morgan fingerprint density at radius 2 is 2.13 bits per heavy atom. The molecule has 126 valence electrons. The van der Waals surface area contributed by atoms with Gasteiger partial charge in [-0.25, -0.2) is 0 Å². The average molecular weight is 339 g/mol. The summed E-state index contributed by atoms with van der Waals surface area (Å²) in [6.07, 6.45) is 1.85. The Hall–Kier alpha value is -1.59. The van der Waals surface area contributed by atoms with Gasteiger partial charge in [0.2, 0.25) is 11.8 Å². The van der Waals surface area contributed by atoms with Crippen molar-refractivity contribution in [3.63, 3.8) is 0 Å². The van der Waals surface area contributed by atoms with Crippen LogP contribution in [-0.2, 0) is 20.7 Å². The van der Waals surface area contributed by atoms with E-state index in [9.17, 15) is 9.59 Å². The van der Waals surface area contributed by atoms with Crippen molar-refractivity contribution in [2.24, 2.45) is 5.92 Å². The monoisotopic (exact) mass is 338 g/mol. The van der Waals surface area contributed by atoms with Crippen LogP contribution in [0.2, 0.25) is 5.02 Å². The minimum atomic E-state index is -0.240. The molecule has 0 aliphatic carbocycles. The fourth-order valence-corrected chi connectivity index (χ4v) is 2.78. The Bertz CT molecular complexity index is 533. The molecule has 1 fully saturated rings. The zero-order valence-electron chi connectivity index (χ0n) is 13.4. The van der Waals surface area contributed by atoms with E-state index in [1.807, 2.05) is 24.3 Å². The van der Waals surface area contributed by atoms with Crippen LogP contribution in [0.5, 0.6) is 0 Å². The van der Waals surface area contributed by atoms with Gasteiger partial charge in [-0.1, -0.05) is 23.7 Å². The highest BCUT2D eigenvalue weighted by atomic mass is 35.5. The molecule has 1 aliphatic heterocycles. The van der Waals surface area contributed by atoms with Gasteiger partial charge in [0.15, 0.2) is 0 Å². The van der Waals surface area contributed by atoms with Gasteiger partial charge in [-0.15, -0.1) is 0 Å². The van der Waals surface area contributed by atoms with Crippen molar-refractivity contribution in [1.82, 2.24) is 10.2 Å². The van der Waals surface area contributed by atoms with Gasteiger partial charge < -0.3 is 15.0 Å². The SMILES string of the molecule is COCCCNC(=O)C1CC(=O)N(CCc2ccc(Cl)cc2)C1. The fourth-order valence-electron chi connectivity index (χ4n) is 2.65. The summed E-state index contributed by atoms with van der Waals surface area (Å²) in [5.74, 6) is -0.227. The molecule has 0 spiro atoms. The van der Waals surface area contributed by atoms with E-state index < -0.39 is 0 Å². The summed E-state index contributed by atoms with van der Waals surface area (Å²) in [6.45, 7) is 2.34. The van der Waals surface area contributed by atoms with Gasteiger partial charge in [0.05, 0.1) is 5.92 Å². The first kappa shape index (κ1) is 17.8. The number of nitrogens with zero attached hydrogens (tertiary/aromatic N) is 1. The first-order chi connectivity index (χ1) is 11.1. The number of likely N-dealkylation sites (tertiary alicyclic amines) is 1. The minimum Gasteiger partial charge on any atom is -0.385 e. The molecule has 5 nitrogen and oxygen atoms in total. The maximum atomic E-state index is 12.1. The number of rotatable bonds is 8. The van der Waals surface area contributed by atoms with Gasteiger partial charge in [0.1, 0.15) is 0 Å². The van der Waals surface area contributed by atoms with Crippen LogP contribution in [0.1, 0.15) is 18.4 Å². The molecule has 1 aromatic rings. The summed E-state index contributed by atoms with van der Waals surface area (Å²) in [5, 5.41) is 3.57. The predicted octanol–water partition coefficient (Wildman–Crippen LogP) is 1.88. The third kappa shape index (κ3) is 5.52. The Kier molecular flexibility index (Phi) is 6.86. The maximum absolute atomic E-state index is 12.1. The lowest BCUT2D eigenvalue weighted by Gasteiger charge is -2.16. The number of ether oxygens (including phenoxy) is 1. The summed E-state index contributed by atoms with van der Waals surface area (Å²) >= 11 is 5.86. The zero-order chi connectivity index (χ0) is 16.7. The molecule has 1 saturated heterocycles. The Balaban J connectivity index is 1.75. The van der Waals surface area contributed by atoms with Crippen LogP contribution in [0, 0.1) is 5.92 Å². The zero-order valence-corrected chi connectivity index (χ0v) is 14.1. The van der Waals surface area contributed by atoms with Crippen molar-refractivity contribution in [2.75, 3.05) is 33.4 Å². The molecular formula is C17H23ClN2O3. The highest BCUT2D eigenvalue weighted by Crippen LogP contribution is 2.19. The number of carbonyl (C=O) groups is 2. The molecule has 1 heterocycles. The van der Waals surface area contributed by atoms with Crippen LogP contribution in [0.25, 0.3) is 0 Å². The van der Waals surface area contributed by atoms with E-state index in [2.05, 4.69) is 5.32 Å². The first-order valence-electron chi connectivity index (χ1n) is 7.89. The molecule has 0 radical (unpaired) electrons. The van der Waals surface area contributed by atoms with E-state index in [1.165, 1.54) is 0 Å². The molecule has 1 N–H and O–H groups in total. The van der Waals surface area contributed by atoms with Crippen molar-refractivity contribution in [3.8, 4) is 0 Å². The lowest BCUT2D eigenvalue weighted by molar-refractivity contribution is -0.129. The lowest BCUT2D eigenvalue weighted by atomic mass is 10.1. The van der Waals surface area contributed by atoms with Gasteiger partial charge >= 0.3 is 0 Å². The average Bonchev–Trinajstić information content (AvgIpc) is 2.92. The Labute approximate surface area is 141 Å². The van der Waals surface area contributed by atoms with E-state index in [4.69, 9.17) is 16.3 Å². The summed E-state index contributed by atoms with van der Waals surface area (Å²) in [5.41, 5.74) is 1.13. The molecule has 1 unspecified atom stereocenters. The summed E-state index contributed by atoms with van der Waals surface area (Å²) in [7, 11) is 1.63. The molecule has 0 aromatic heterocycles. The molecule has 1 atom stereocenters. The third-order valence-electron chi connectivity index (χ3n) is 3.99. The number of nitrogens with one attached hydrogen (secondary N) is 1. The number of hydrogen-bond acceptors (Lipinski definition) is 3. The third-order valence-corrected chi connectivity index (χ3v) is 4.25. The second kappa shape index (κ2) is 8.89. The van der Waals surface area contributed by atoms with Crippen LogP contribution in [0.3, 0.4) is 0 Å². The normalized spacial score (nSPS) is 17.6. The molecular weight excluding hydrogens is 316 g/mol. The second-order valence-electron chi connectivity index (χ2n) is 5.75. The minimum absolute atomic E-state index is 0.0385. The van der Waals surface area contributed by atoms with Gasteiger partial charge in [0, 0.05) is 44.8 Å². The largest absolute Gasteiger partial charge is 0.385 e. The van der Waals surface area contributed by atoms with Gasteiger partial charge in [-0.2, -0.15) is 0 Å². The molecule has 2 amide bonds. The molecule has 1 aliphatic rings. The number of benzene rings is 1. The number of amides is 2. The van der Waals surface area contributed by atoms with E-state index in [0.29, 0.717) is 37.7 Å². The smallest absolute Gasteiger partial charge is 0.225 e. The highest BCUT2D eigenvalue weighted by Gasteiger charge is 2.33. The molecule has 6 heteroatoms. The second-order valence-corrected chi connectivity index (χ2v) is 6.19. The fraction of sp³-hybridized carbons (Fsp3) is 0.529. The van der Waals surface area contributed by atoms with Crippen molar-refractivity contribution >= 4 is 23.4 Å². The Morgan fingerprint density at radius 3 is 2.83 bits per heavy atom. The molecule has 1 aromatic carbocycles.